The number of benzene rings is 4. The maximum Gasteiger partial charge on any atom is 0.167 e. The molecule has 3 heterocycles. The third-order valence-corrected chi connectivity index (χ3v) is 8.32. The van der Waals surface area contributed by atoms with Crippen LogP contribution in [0.25, 0.3) is 34.2 Å². The average molecular weight is 523 g/mol. The molecular formula is C34H26N4S. The van der Waals surface area contributed by atoms with Gasteiger partial charge >= 0.3 is 0 Å². The summed E-state index contributed by atoms with van der Waals surface area (Å²) >= 11 is 1.71. The fraction of sp³-hybridized carbons (Fsp3) is 0.0882. The molecule has 39 heavy (non-hydrogen) atoms. The number of fused-ring (bicyclic) bond motifs is 2. The first kappa shape index (κ1) is 23.5. The van der Waals surface area contributed by atoms with Crippen molar-refractivity contribution in [3.8, 4) is 34.2 Å². The maximum atomic E-state index is 5.03. The normalized spacial score (nSPS) is 13.5. The summed E-state index contributed by atoms with van der Waals surface area (Å²) in [5.41, 5.74) is 7.77. The van der Waals surface area contributed by atoms with Crippen LogP contribution < -0.4 is 4.90 Å². The van der Waals surface area contributed by atoms with E-state index in [1.807, 2.05) is 60.7 Å². The zero-order valence-electron chi connectivity index (χ0n) is 21.7. The van der Waals surface area contributed by atoms with E-state index < -0.39 is 0 Å². The third-order valence-electron chi connectivity index (χ3n) is 7.42. The minimum atomic E-state index is -0.116. The molecule has 2 aromatic heterocycles. The van der Waals surface area contributed by atoms with Crippen LogP contribution in [0.2, 0.25) is 0 Å². The summed E-state index contributed by atoms with van der Waals surface area (Å²) < 4.78 is 0. The fourth-order valence-electron chi connectivity index (χ4n) is 5.46. The lowest BCUT2D eigenvalue weighted by Crippen LogP contribution is -2.30. The average Bonchev–Trinajstić information content (AvgIpc) is 3.48. The molecule has 1 aliphatic heterocycles. The number of thiophene rings is 1. The van der Waals surface area contributed by atoms with Gasteiger partial charge in [-0.25, -0.2) is 15.0 Å². The molecule has 0 unspecified atom stereocenters. The number of hydrogen-bond acceptors (Lipinski definition) is 5. The van der Waals surface area contributed by atoms with E-state index in [1.165, 1.54) is 22.5 Å². The molecule has 0 bridgehead atoms. The molecular weight excluding hydrogens is 496 g/mol. The number of rotatable bonds is 4. The Hall–Kier alpha value is -4.61. The van der Waals surface area contributed by atoms with E-state index >= 15 is 0 Å². The summed E-state index contributed by atoms with van der Waals surface area (Å²) in [5.74, 6) is 1.99. The van der Waals surface area contributed by atoms with Crippen molar-refractivity contribution >= 4 is 27.7 Å². The molecule has 5 heteroatoms. The smallest absolute Gasteiger partial charge is 0.167 e. The molecule has 0 atom stereocenters. The van der Waals surface area contributed by atoms with Crippen LogP contribution in [0.1, 0.15) is 25.0 Å². The molecule has 1 aliphatic rings. The van der Waals surface area contributed by atoms with Crippen molar-refractivity contribution in [2.45, 2.75) is 19.3 Å². The monoisotopic (exact) mass is 522 g/mol. The summed E-state index contributed by atoms with van der Waals surface area (Å²) in [4.78, 5) is 17.3. The van der Waals surface area contributed by atoms with Crippen molar-refractivity contribution in [1.82, 2.24) is 15.0 Å². The molecule has 188 valence electrons. The van der Waals surface area contributed by atoms with E-state index in [0.717, 1.165) is 21.7 Å². The zero-order valence-corrected chi connectivity index (χ0v) is 22.6. The van der Waals surface area contributed by atoms with Gasteiger partial charge in [0.25, 0.3) is 0 Å². The second kappa shape index (κ2) is 9.29. The Morgan fingerprint density at radius 3 is 1.54 bits per heavy atom. The van der Waals surface area contributed by atoms with E-state index in [9.17, 15) is 0 Å². The predicted molar refractivity (Wildman–Crippen MR) is 161 cm³/mol. The van der Waals surface area contributed by atoms with Gasteiger partial charge in [0.2, 0.25) is 0 Å². The van der Waals surface area contributed by atoms with E-state index in [1.54, 1.807) is 11.3 Å². The van der Waals surface area contributed by atoms with Crippen LogP contribution >= 0.6 is 11.3 Å². The first-order valence-corrected chi connectivity index (χ1v) is 13.9. The fourth-order valence-corrected chi connectivity index (χ4v) is 6.38. The first-order valence-electron chi connectivity index (χ1n) is 13.1. The first-order chi connectivity index (χ1) is 19.1. The highest BCUT2D eigenvalue weighted by Crippen LogP contribution is 2.54. The summed E-state index contributed by atoms with van der Waals surface area (Å²) in [7, 11) is 0. The van der Waals surface area contributed by atoms with Gasteiger partial charge in [-0.1, -0.05) is 111 Å². The Morgan fingerprint density at radius 2 is 1.00 bits per heavy atom. The molecule has 0 saturated heterocycles. The SMILES string of the molecule is CC1(C)c2ccccc2N(c2sccc2-c2nc(-c3ccccc3)nc(-c3ccccc3)n2)c2ccccc21. The lowest BCUT2D eigenvalue weighted by Gasteiger charge is -2.41. The maximum absolute atomic E-state index is 5.03. The molecule has 0 fully saturated rings. The van der Waals surface area contributed by atoms with Crippen molar-refractivity contribution < 1.29 is 0 Å². The molecule has 0 aliphatic carbocycles. The minimum Gasteiger partial charge on any atom is -0.301 e. The van der Waals surface area contributed by atoms with Crippen LogP contribution in [0.3, 0.4) is 0 Å². The van der Waals surface area contributed by atoms with Gasteiger partial charge in [-0.05, 0) is 34.7 Å². The van der Waals surface area contributed by atoms with Gasteiger partial charge in [-0.15, -0.1) is 11.3 Å². The topological polar surface area (TPSA) is 41.9 Å². The standard InChI is InChI=1S/C34H26N4S/c1-34(2)26-17-9-11-19-28(26)38(29-20-12-10-18-27(29)34)33-25(21-22-39-33)32-36-30(23-13-5-3-6-14-23)35-31(37-32)24-15-7-4-8-16-24/h3-22H,1-2H3. The lowest BCUT2D eigenvalue weighted by atomic mass is 9.74. The van der Waals surface area contributed by atoms with Gasteiger partial charge in [-0.3, -0.25) is 0 Å². The Balaban J connectivity index is 1.45. The van der Waals surface area contributed by atoms with Gasteiger partial charge in [0.1, 0.15) is 5.00 Å². The second-order valence-corrected chi connectivity index (χ2v) is 11.1. The van der Waals surface area contributed by atoms with E-state index in [0.29, 0.717) is 17.5 Å². The van der Waals surface area contributed by atoms with Crippen molar-refractivity contribution in [3.05, 3.63) is 132 Å². The van der Waals surface area contributed by atoms with Crippen LogP contribution in [-0.2, 0) is 5.41 Å². The Bertz CT molecular complexity index is 1680. The zero-order chi connectivity index (χ0) is 26.4. The van der Waals surface area contributed by atoms with Crippen LogP contribution in [0, 0.1) is 0 Å². The highest BCUT2D eigenvalue weighted by atomic mass is 32.1. The van der Waals surface area contributed by atoms with Gasteiger partial charge in [0.05, 0.1) is 16.9 Å². The van der Waals surface area contributed by atoms with Crippen molar-refractivity contribution in [3.63, 3.8) is 0 Å². The largest absolute Gasteiger partial charge is 0.301 e. The molecule has 4 aromatic carbocycles. The number of aromatic nitrogens is 3. The van der Waals surface area contributed by atoms with Gasteiger partial charge < -0.3 is 4.90 Å². The summed E-state index contributed by atoms with van der Waals surface area (Å²) in [6.07, 6.45) is 0. The highest BCUT2D eigenvalue weighted by molar-refractivity contribution is 7.15. The molecule has 0 spiro atoms. The summed E-state index contributed by atoms with van der Waals surface area (Å²) in [6, 6.07) is 39.8. The predicted octanol–water partition coefficient (Wildman–Crippen LogP) is 9.04. The molecule has 6 aromatic rings. The van der Waals surface area contributed by atoms with E-state index in [-0.39, 0.29) is 5.41 Å². The van der Waals surface area contributed by atoms with Gasteiger partial charge in [-0.2, -0.15) is 0 Å². The van der Waals surface area contributed by atoms with E-state index in [2.05, 4.69) is 78.7 Å². The Kier molecular flexibility index (Phi) is 5.60. The molecule has 0 N–H and O–H groups in total. The molecule has 0 saturated carbocycles. The summed E-state index contributed by atoms with van der Waals surface area (Å²) in [6.45, 7) is 4.61. The Morgan fingerprint density at radius 1 is 0.538 bits per heavy atom. The third kappa shape index (κ3) is 3.94. The number of nitrogens with zero attached hydrogens (tertiary/aromatic N) is 4. The lowest BCUT2D eigenvalue weighted by molar-refractivity contribution is 0.632. The molecule has 7 rings (SSSR count). The Labute approximate surface area is 232 Å². The quantitative estimate of drug-likeness (QED) is 0.232. The number of para-hydroxylation sites is 2. The van der Waals surface area contributed by atoms with E-state index in [4.69, 9.17) is 15.0 Å². The number of hydrogen-bond donors (Lipinski definition) is 0. The van der Waals surface area contributed by atoms with Crippen LogP contribution in [0.4, 0.5) is 16.4 Å². The van der Waals surface area contributed by atoms with Crippen LogP contribution in [0.15, 0.2) is 121 Å². The minimum absolute atomic E-state index is 0.116. The summed E-state index contributed by atoms with van der Waals surface area (Å²) in [5, 5.41) is 3.22. The second-order valence-electron chi connectivity index (χ2n) is 10.2. The van der Waals surface area contributed by atoms with Gasteiger partial charge in [0, 0.05) is 16.5 Å². The van der Waals surface area contributed by atoms with Crippen molar-refractivity contribution in [2.24, 2.45) is 0 Å². The molecule has 4 nitrogen and oxygen atoms in total. The molecule has 0 radical (unpaired) electrons. The van der Waals surface area contributed by atoms with Crippen molar-refractivity contribution in [2.75, 3.05) is 4.90 Å². The van der Waals surface area contributed by atoms with Gasteiger partial charge in [0.15, 0.2) is 17.5 Å². The van der Waals surface area contributed by atoms with Crippen LogP contribution in [-0.4, -0.2) is 15.0 Å². The van der Waals surface area contributed by atoms with Crippen molar-refractivity contribution in [1.29, 1.82) is 0 Å². The highest BCUT2D eigenvalue weighted by Gasteiger charge is 2.37. The van der Waals surface area contributed by atoms with Crippen LogP contribution in [0.5, 0.6) is 0 Å². The number of anilines is 3. The molecule has 0 amide bonds.